The lowest BCUT2D eigenvalue weighted by atomic mass is 10.2. The molecule has 1 heterocycles. The summed E-state index contributed by atoms with van der Waals surface area (Å²) in [6, 6.07) is 8.75. The number of aromatic nitrogens is 2. The third-order valence-electron chi connectivity index (χ3n) is 2.99. The maximum Gasteiger partial charge on any atom is 0.312 e. The highest BCUT2D eigenvalue weighted by molar-refractivity contribution is 7.15. The fraction of sp³-hybridized carbons (Fsp3) is 0.312. The first-order chi connectivity index (χ1) is 12.1. The van der Waals surface area contributed by atoms with Crippen LogP contribution in [0.1, 0.15) is 28.7 Å². The van der Waals surface area contributed by atoms with E-state index in [1.807, 2.05) is 6.07 Å². The Balaban J connectivity index is 1.72. The molecule has 0 aliphatic carbocycles. The summed E-state index contributed by atoms with van der Waals surface area (Å²) in [5, 5.41) is 13.6. The smallest absolute Gasteiger partial charge is 0.312 e. The van der Waals surface area contributed by atoms with Gasteiger partial charge in [-0.1, -0.05) is 29.5 Å². The number of carbonyl (C=O) groups is 3. The zero-order valence-corrected chi connectivity index (χ0v) is 14.5. The number of benzene rings is 1. The number of ether oxygens (including phenoxy) is 1. The molecule has 9 heteroatoms. The number of hydrogen-bond acceptors (Lipinski definition) is 7. The Morgan fingerprint density at radius 2 is 1.92 bits per heavy atom. The first-order valence-electron chi connectivity index (χ1n) is 7.69. The third kappa shape index (κ3) is 6.30. The third-order valence-corrected chi connectivity index (χ3v) is 3.83. The number of amides is 2. The van der Waals surface area contributed by atoms with E-state index in [1.165, 1.54) is 0 Å². The van der Waals surface area contributed by atoms with Gasteiger partial charge in [0.25, 0.3) is 5.91 Å². The molecule has 0 saturated carbocycles. The minimum atomic E-state index is -0.389. The van der Waals surface area contributed by atoms with Gasteiger partial charge >= 0.3 is 5.97 Å². The van der Waals surface area contributed by atoms with E-state index >= 15 is 0 Å². The molecule has 0 aliphatic heterocycles. The average molecular weight is 362 g/mol. The molecule has 0 atom stereocenters. The van der Waals surface area contributed by atoms with Gasteiger partial charge < -0.3 is 15.4 Å². The molecule has 1 aromatic heterocycles. The molecule has 2 rings (SSSR count). The van der Waals surface area contributed by atoms with Crippen LogP contribution in [-0.4, -0.2) is 41.1 Å². The SMILES string of the molecule is CCOC(=O)Cc1nnc(NC(=O)CCNC(=O)c2ccccc2)s1. The van der Waals surface area contributed by atoms with Crippen molar-refractivity contribution in [1.82, 2.24) is 15.5 Å². The summed E-state index contributed by atoms with van der Waals surface area (Å²) in [5.41, 5.74) is 0.538. The molecule has 0 bridgehead atoms. The van der Waals surface area contributed by atoms with Crippen molar-refractivity contribution in [2.45, 2.75) is 19.8 Å². The number of nitrogens with zero attached hydrogens (tertiary/aromatic N) is 2. The predicted molar refractivity (Wildman–Crippen MR) is 92.3 cm³/mol. The van der Waals surface area contributed by atoms with Crippen LogP contribution in [0.4, 0.5) is 5.13 Å². The molecule has 25 heavy (non-hydrogen) atoms. The van der Waals surface area contributed by atoms with Gasteiger partial charge in [0.15, 0.2) is 0 Å². The largest absolute Gasteiger partial charge is 0.466 e. The molecule has 2 amide bonds. The molecule has 2 N–H and O–H groups in total. The van der Waals surface area contributed by atoms with Crippen molar-refractivity contribution < 1.29 is 19.1 Å². The number of rotatable bonds is 8. The monoisotopic (exact) mass is 362 g/mol. The highest BCUT2D eigenvalue weighted by Crippen LogP contribution is 2.16. The van der Waals surface area contributed by atoms with Crippen LogP contribution in [0.2, 0.25) is 0 Å². The highest BCUT2D eigenvalue weighted by Gasteiger charge is 2.12. The van der Waals surface area contributed by atoms with Gasteiger partial charge in [-0.25, -0.2) is 0 Å². The fourth-order valence-electron chi connectivity index (χ4n) is 1.87. The van der Waals surface area contributed by atoms with E-state index in [9.17, 15) is 14.4 Å². The molecular weight excluding hydrogens is 344 g/mol. The fourth-order valence-corrected chi connectivity index (χ4v) is 2.62. The van der Waals surface area contributed by atoms with E-state index in [0.29, 0.717) is 22.3 Å². The molecular formula is C16H18N4O4S. The van der Waals surface area contributed by atoms with Crippen LogP contribution in [-0.2, 0) is 20.7 Å². The summed E-state index contributed by atoms with van der Waals surface area (Å²) in [6.45, 7) is 2.23. The second kappa shape index (κ2) is 9.48. The Bertz CT molecular complexity index is 733. The maximum atomic E-state index is 11.8. The molecule has 0 fully saturated rings. The first kappa shape index (κ1) is 18.5. The zero-order valence-electron chi connectivity index (χ0n) is 13.7. The summed E-state index contributed by atoms with van der Waals surface area (Å²) >= 11 is 1.11. The minimum absolute atomic E-state index is 0.0223. The lowest BCUT2D eigenvalue weighted by Gasteiger charge is -2.04. The molecule has 8 nitrogen and oxygen atoms in total. The van der Waals surface area contributed by atoms with Gasteiger partial charge in [-0.2, -0.15) is 0 Å². The maximum absolute atomic E-state index is 11.8. The van der Waals surface area contributed by atoms with Crippen LogP contribution in [0.3, 0.4) is 0 Å². The number of carbonyl (C=O) groups excluding carboxylic acids is 3. The molecule has 1 aromatic carbocycles. The summed E-state index contributed by atoms with van der Waals surface area (Å²) in [6.07, 6.45) is 0.125. The van der Waals surface area contributed by atoms with Crippen LogP contribution < -0.4 is 10.6 Å². The van der Waals surface area contributed by atoms with E-state index in [0.717, 1.165) is 11.3 Å². The summed E-state index contributed by atoms with van der Waals surface area (Å²) in [5.74, 6) is -0.923. The number of anilines is 1. The summed E-state index contributed by atoms with van der Waals surface area (Å²) in [4.78, 5) is 35.0. The highest BCUT2D eigenvalue weighted by atomic mass is 32.1. The van der Waals surface area contributed by atoms with Gasteiger partial charge in [-0.05, 0) is 19.1 Å². The minimum Gasteiger partial charge on any atom is -0.466 e. The number of nitrogens with one attached hydrogen (secondary N) is 2. The lowest BCUT2D eigenvalue weighted by Crippen LogP contribution is -2.27. The van der Waals surface area contributed by atoms with Crippen molar-refractivity contribution in [2.75, 3.05) is 18.5 Å². The van der Waals surface area contributed by atoms with Gasteiger partial charge in [-0.3, -0.25) is 14.4 Å². The Hall–Kier alpha value is -2.81. The Labute approximate surface area is 148 Å². The Morgan fingerprint density at radius 1 is 1.16 bits per heavy atom. The normalized spacial score (nSPS) is 10.1. The second-order valence-electron chi connectivity index (χ2n) is 4.90. The molecule has 0 aliphatic rings. The zero-order chi connectivity index (χ0) is 18.1. The quantitative estimate of drug-likeness (QED) is 0.687. The van der Waals surface area contributed by atoms with E-state index < -0.39 is 0 Å². The summed E-state index contributed by atoms with van der Waals surface area (Å²) in [7, 11) is 0. The van der Waals surface area contributed by atoms with Crippen molar-refractivity contribution in [3.05, 3.63) is 40.9 Å². The molecule has 132 valence electrons. The van der Waals surface area contributed by atoms with Crippen molar-refractivity contribution in [1.29, 1.82) is 0 Å². The molecule has 2 aromatic rings. The van der Waals surface area contributed by atoms with E-state index in [1.54, 1.807) is 31.2 Å². The van der Waals surface area contributed by atoms with Crippen LogP contribution in [0.25, 0.3) is 0 Å². The molecule has 0 radical (unpaired) electrons. The standard InChI is InChI=1S/C16H18N4O4S/c1-2-24-14(22)10-13-19-20-16(25-13)18-12(21)8-9-17-15(23)11-6-4-3-5-7-11/h3-7H,2,8-10H2,1H3,(H,17,23)(H,18,20,21). The molecule has 0 unspecified atom stereocenters. The van der Waals surface area contributed by atoms with E-state index in [2.05, 4.69) is 20.8 Å². The van der Waals surface area contributed by atoms with Crippen molar-refractivity contribution in [3.63, 3.8) is 0 Å². The van der Waals surface area contributed by atoms with Crippen LogP contribution in [0, 0.1) is 0 Å². The summed E-state index contributed by atoms with van der Waals surface area (Å²) < 4.78 is 4.82. The van der Waals surface area contributed by atoms with Gasteiger partial charge in [0.1, 0.15) is 5.01 Å². The topological polar surface area (TPSA) is 110 Å². The van der Waals surface area contributed by atoms with Crippen molar-refractivity contribution in [2.24, 2.45) is 0 Å². The number of esters is 1. The van der Waals surface area contributed by atoms with Crippen LogP contribution >= 0.6 is 11.3 Å². The van der Waals surface area contributed by atoms with Gasteiger partial charge in [0.2, 0.25) is 11.0 Å². The number of hydrogen-bond donors (Lipinski definition) is 2. The van der Waals surface area contributed by atoms with Gasteiger partial charge in [-0.15, -0.1) is 10.2 Å². The second-order valence-corrected chi connectivity index (χ2v) is 5.96. The average Bonchev–Trinajstić information content (AvgIpc) is 3.02. The van der Waals surface area contributed by atoms with Crippen molar-refractivity contribution >= 4 is 34.3 Å². The van der Waals surface area contributed by atoms with E-state index in [-0.39, 0.29) is 37.2 Å². The lowest BCUT2D eigenvalue weighted by molar-refractivity contribution is -0.142. The first-order valence-corrected chi connectivity index (χ1v) is 8.51. The van der Waals surface area contributed by atoms with Gasteiger partial charge in [0.05, 0.1) is 13.0 Å². The Morgan fingerprint density at radius 3 is 2.64 bits per heavy atom. The van der Waals surface area contributed by atoms with Crippen LogP contribution in [0.5, 0.6) is 0 Å². The van der Waals surface area contributed by atoms with E-state index in [4.69, 9.17) is 4.74 Å². The molecule has 0 saturated heterocycles. The molecule has 0 spiro atoms. The van der Waals surface area contributed by atoms with Crippen LogP contribution in [0.15, 0.2) is 30.3 Å². The Kier molecular flexibility index (Phi) is 7.02. The van der Waals surface area contributed by atoms with Crippen molar-refractivity contribution in [3.8, 4) is 0 Å². The van der Waals surface area contributed by atoms with Gasteiger partial charge in [0, 0.05) is 18.5 Å². The predicted octanol–water partition coefficient (Wildman–Crippen LogP) is 1.40.